The van der Waals surface area contributed by atoms with Gasteiger partial charge in [0.25, 0.3) is 17.7 Å². The van der Waals surface area contributed by atoms with Crippen LogP contribution >= 0.6 is 46.4 Å². The first-order valence-corrected chi connectivity index (χ1v) is 12.0. The van der Waals surface area contributed by atoms with E-state index in [1.54, 1.807) is 0 Å². The summed E-state index contributed by atoms with van der Waals surface area (Å²) in [5.74, 6) is -3.47. The summed E-state index contributed by atoms with van der Waals surface area (Å²) in [6.45, 7) is -0.583. The van der Waals surface area contributed by atoms with Gasteiger partial charge in [-0.15, -0.1) is 0 Å². The Hall–Kier alpha value is -2.38. The first-order chi connectivity index (χ1) is 16.2. The van der Waals surface area contributed by atoms with Gasteiger partial charge in [0.05, 0.1) is 26.9 Å². The van der Waals surface area contributed by atoms with Crippen LogP contribution in [-0.2, 0) is 9.59 Å². The van der Waals surface area contributed by atoms with Gasteiger partial charge in [0.15, 0.2) is 5.78 Å². The molecule has 2 aliphatic carbocycles. The van der Waals surface area contributed by atoms with Gasteiger partial charge in [-0.1, -0.05) is 58.6 Å². The maximum Gasteiger partial charge on any atom is 0.273 e. The Morgan fingerprint density at radius 3 is 2.09 bits per heavy atom. The molecule has 4 atom stereocenters. The van der Waals surface area contributed by atoms with Crippen LogP contribution in [0.5, 0.6) is 0 Å². The summed E-state index contributed by atoms with van der Waals surface area (Å²) in [5, 5.41) is 2.50. The Bertz CT molecular complexity index is 1260. The van der Waals surface area contributed by atoms with Gasteiger partial charge in [-0.2, -0.15) is 5.01 Å². The van der Waals surface area contributed by atoms with Crippen LogP contribution in [0.3, 0.4) is 0 Å². The molecular formula is C24H16Cl4N2O4. The van der Waals surface area contributed by atoms with Crippen LogP contribution in [0, 0.1) is 23.7 Å². The van der Waals surface area contributed by atoms with E-state index < -0.39 is 41.9 Å². The second-order valence-electron chi connectivity index (χ2n) is 8.53. The van der Waals surface area contributed by atoms with Crippen molar-refractivity contribution in [2.45, 2.75) is 6.42 Å². The van der Waals surface area contributed by atoms with Crippen molar-refractivity contribution in [3.63, 3.8) is 0 Å². The molecule has 1 saturated carbocycles. The third-order valence-electron chi connectivity index (χ3n) is 6.61. The Kier molecular flexibility index (Phi) is 5.97. The van der Waals surface area contributed by atoms with Crippen LogP contribution in [-0.4, -0.2) is 40.1 Å². The fourth-order valence-corrected chi connectivity index (χ4v) is 5.88. The summed E-state index contributed by atoms with van der Waals surface area (Å²) in [7, 11) is 0. The maximum absolute atomic E-state index is 13.5. The van der Waals surface area contributed by atoms with Crippen molar-refractivity contribution < 1.29 is 19.2 Å². The highest BCUT2D eigenvalue weighted by Crippen LogP contribution is 2.52. The number of nitrogens with zero attached hydrogens (tertiary/aromatic N) is 2. The zero-order valence-corrected chi connectivity index (χ0v) is 20.4. The van der Waals surface area contributed by atoms with Crippen LogP contribution in [0.15, 0.2) is 48.6 Å². The lowest BCUT2D eigenvalue weighted by molar-refractivity contribution is -0.154. The normalized spacial score (nSPS) is 24.6. The molecule has 5 rings (SSSR count). The number of carbonyl (C=O) groups excluding carboxylic acids is 4. The lowest BCUT2D eigenvalue weighted by atomic mass is 9.85. The van der Waals surface area contributed by atoms with Crippen molar-refractivity contribution in [1.82, 2.24) is 10.0 Å². The first-order valence-electron chi connectivity index (χ1n) is 10.5. The number of hydrogen-bond donors (Lipinski definition) is 0. The van der Waals surface area contributed by atoms with Crippen LogP contribution in [0.25, 0.3) is 0 Å². The molecule has 0 radical (unpaired) electrons. The molecule has 2 fully saturated rings. The number of rotatable bonds is 5. The number of ketones is 1. The van der Waals surface area contributed by atoms with E-state index in [0.717, 1.165) is 16.4 Å². The molecule has 3 amide bonds. The van der Waals surface area contributed by atoms with Gasteiger partial charge in [0.2, 0.25) is 0 Å². The molecule has 0 spiro atoms. The topological polar surface area (TPSA) is 74.8 Å². The monoisotopic (exact) mass is 536 g/mol. The number of benzene rings is 2. The third-order valence-corrected chi connectivity index (χ3v) is 7.90. The molecular weight excluding hydrogens is 522 g/mol. The minimum atomic E-state index is -0.737. The van der Waals surface area contributed by atoms with Crippen molar-refractivity contribution >= 4 is 69.9 Å². The zero-order chi connectivity index (χ0) is 24.3. The van der Waals surface area contributed by atoms with E-state index in [1.807, 2.05) is 12.2 Å². The number of allylic oxidation sites excluding steroid dienone is 2. The Morgan fingerprint density at radius 1 is 0.853 bits per heavy atom. The molecule has 1 aliphatic heterocycles. The molecule has 0 aromatic heterocycles. The molecule has 10 heteroatoms. The van der Waals surface area contributed by atoms with Crippen LogP contribution in [0.4, 0.5) is 0 Å². The fourth-order valence-electron chi connectivity index (χ4n) is 5.07. The van der Waals surface area contributed by atoms with E-state index in [1.165, 1.54) is 36.4 Å². The quantitative estimate of drug-likeness (QED) is 0.293. The number of hydrazine groups is 1. The lowest BCUT2D eigenvalue weighted by Crippen LogP contribution is -2.52. The van der Waals surface area contributed by atoms with E-state index in [2.05, 4.69) is 0 Å². The van der Waals surface area contributed by atoms with Gasteiger partial charge in [-0.3, -0.25) is 19.2 Å². The molecule has 1 saturated heterocycles. The SMILES string of the molecule is O=C(CN(C(=O)c1ccc(Cl)c(Cl)c1)N1C(=O)[C@@H]2[C@H](C1=O)[C@H]1C=C[C@H]2C1)c1ccc(Cl)cc1Cl. The second-order valence-corrected chi connectivity index (χ2v) is 10.2. The van der Waals surface area contributed by atoms with Crippen molar-refractivity contribution in [3.8, 4) is 0 Å². The van der Waals surface area contributed by atoms with Crippen molar-refractivity contribution in [2.24, 2.45) is 23.7 Å². The average molecular weight is 538 g/mol. The largest absolute Gasteiger partial charge is 0.292 e. The Morgan fingerprint density at radius 2 is 1.50 bits per heavy atom. The second kappa shape index (κ2) is 8.68. The zero-order valence-electron chi connectivity index (χ0n) is 17.4. The molecule has 1 heterocycles. The van der Waals surface area contributed by atoms with Crippen molar-refractivity contribution in [2.75, 3.05) is 6.54 Å². The van der Waals surface area contributed by atoms with E-state index in [4.69, 9.17) is 46.4 Å². The van der Waals surface area contributed by atoms with Crippen LogP contribution in [0.2, 0.25) is 20.1 Å². The third kappa shape index (κ3) is 3.73. The van der Waals surface area contributed by atoms with Crippen LogP contribution in [0.1, 0.15) is 27.1 Å². The molecule has 2 bridgehead atoms. The summed E-state index contributed by atoms with van der Waals surface area (Å²) in [4.78, 5) is 53.5. The Labute approximate surface area is 215 Å². The van der Waals surface area contributed by atoms with Gasteiger partial charge in [-0.05, 0) is 54.7 Å². The smallest absolute Gasteiger partial charge is 0.273 e. The minimum absolute atomic E-state index is 0.0558. The highest BCUT2D eigenvalue weighted by molar-refractivity contribution is 6.42. The molecule has 3 aliphatic rings. The summed E-state index contributed by atoms with van der Waals surface area (Å²) in [6.07, 6.45) is 4.63. The maximum atomic E-state index is 13.5. The van der Waals surface area contributed by atoms with Crippen LogP contribution < -0.4 is 0 Å². The molecule has 6 nitrogen and oxygen atoms in total. The first kappa shape index (κ1) is 23.4. The summed E-state index contributed by atoms with van der Waals surface area (Å²) in [5.41, 5.74) is 0.183. The van der Waals surface area contributed by atoms with Gasteiger partial charge >= 0.3 is 0 Å². The Balaban J connectivity index is 1.52. The summed E-state index contributed by atoms with van der Waals surface area (Å²) in [6, 6.07) is 8.50. The number of imide groups is 1. The molecule has 2 aromatic carbocycles. The number of hydrogen-bond acceptors (Lipinski definition) is 4. The molecule has 2 aromatic rings. The standard InChI is InChI=1S/C24H16Cl4N2O4/c25-14-4-5-15(17(27)9-14)19(31)10-29(22(32)13-3-6-16(26)18(28)8-13)30-23(33)20-11-1-2-12(7-11)21(20)24(30)34/h1-6,8-9,11-12,20-21H,7,10H2/t11-,12-,20-,21+/m0/s1. The van der Waals surface area contributed by atoms with E-state index in [0.29, 0.717) is 5.02 Å². The molecule has 174 valence electrons. The number of Topliss-reactive ketones (excluding diaryl/α,β-unsaturated/α-hetero) is 1. The van der Waals surface area contributed by atoms with Gasteiger partial charge in [0, 0.05) is 16.1 Å². The number of halogens is 4. The predicted octanol–water partition coefficient (Wildman–Crippen LogP) is 5.35. The van der Waals surface area contributed by atoms with Gasteiger partial charge in [-0.25, -0.2) is 5.01 Å². The van der Waals surface area contributed by atoms with Crippen molar-refractivity contribution in [3.05, 3.63) is 79.8 Å². The molecule has 34 heavy (non-hydrogen) atoms. The number of fused-ring (bicyclic) bond motifs is 5. The van der Waals surface area contributed by atoms with Crippen molar-refractivity contribution in [1.29, 1.82) is 0 Å². The molecule has 0 N–H and O–H groups in total. The highest BCUT2D eigenvalue weighted by Gasteiger charge is 2.61. The van der Waals surface area contributed by atoms with E-state index >= 15 is 0 Å². The van der Waals surface area contributed by atoms with Gasteiger partial charge in [0.1, 0.15) is 6.54 Å². The highest BCUT2D eigenvalue weighted by atomic mass is 35.5. The molecule has 0 unspecified atom stereocenters. The predicted molar refractivity (Wildman–Crippen MR) is 128 cm³/mol. The fraction of sp³-hybridized carbons (Fsp3) is 0.250. The van der Waals surface area contributed by atoms with E-state index in [9.17, 15) is 19.2 Å². The van der Waals surface area contributed by atoms with Gasteiger partial charge < -0.3 is 0 Å². The summed E-state index contributed by atoms with van der Waals surface area (Å²) >= 11 is 24.2. The summed E-state index contributed by atoms with van der Waals surface area (Å²) < 4.78 is 0. The average Bonchev–Trinajstić information content (AvgIpc) is 3.47. The van der Waals surface area contributed by atoms with E-state index in [-0.39, 0.29) is 38.0 Å². The lowest BCUT2D eigenvalue weighted by Gasteiger charge is -2.31. The minimum Gasteiger partial charge on any atom is -0.292 e. The number of amides is 3. The number of carbonyl (C=O) groups is 4.